The van der Waals surface area contributed by atoms with Gasteiger partial charge in [0.05, 0.1) is 23.7 Å². The number of nitrogens with zero attached hydrogens (tertiary/aromatic N) is 2. The molecule has 0 saturated heterocycles. The highest BCUT2D eigenvalue weighted by atomic mass is 32.2. The molecule has 2 aromatic heterocycles. The quantitative estimate of drug-likeness (QED) is 0.533. The summed E-state index contributed by atoms with van der Waals surface area (Å²) in [4.78, 5) is 17.4. The van der Waals surface area contributed by atoms with Gasteiger partial charge in [-0.1, -0.05) is 12.1 Å². The zero-order valence-corrected chi connectivity index (χ0v) is 15.9. The first-order valence-electron chi connectivity index (χ1n) is 8.32. The van der Waals surface area contributed by atoms with Gasteiger partial charge in [-0.3, -0.25) is 9.20 Å². The minimum atomic E-state index is -3.66. The number of carbonyl (C=O) groups excluding carboxylic acids is 1. The number of hydrogen-bond donors (Lipinski definition) is 1. The Bertz CT molecular complexity index is 1360. The molecule has 2 heterocycles. The van der Waals surface area contributed by atoms with Crippen LogP contribution in [0.25, 0.3) is 16.7 Å². The molecule has 8 heteroatoms. The van der Waals surface area contributed by atoms with E-state index in [4.69, 9.17) is 4.74 Å². The van der Waals surface area contributed by atoms with Crippen molar-refractivity contribution in [1.29, 1.82) is 0 Å². The van der Waals surface area contributed by atoms with Crippen LogP contribution < -0.4 is 4.74 Å². The van der Waals surface area contributed by atoms with Crippen molar-refractivity contribution in [2.75, 3.05) is 13.4 Å². The Kier molecular flexibility index (Phi) is 4.08. The van der Waals surface area contributed by atoms with E-state index < -0.39 is 15.6 Å². The third-order valence-electron chi connectivity index (χ3n) is 4.48. The summed E-state index contributed by atoms with van der Waals surface area (Å²) in [6, 6.07) is 12.7. The van der Waals surface area contributed by atoms with Gasteiger partial charge in [0, 0.05) is 18.0 Å². The lowest BCUT2D eigenvalue weighted by molar-refractivity contribution is 0.103. The van der Waals surface area contributed by atoms with Crippen LogP contribution in [0.2, 0.25) is 0 Å². The van der Waals surface area contributed by atoms with Gasteiger partial charge in [0.1, 0.15) is 16.4 Å². The summed E-state index contributed by atoms with van der Waals surface area (Å²) < 4.78 is 31.4. The largest absolute Gasteiger partial charge is 0.507 e. The number of ether oxygens (including phenoxy) is 1. The predicted octanol–water partition coefficient (Wildman–Crippen LogP) is 2.84. The van der Waals surface area contributed by atoms with Gasteiger partial charge in [0.2, 0.25) is 0 Å². The third kappa shape index (κ3) is 2.87. The molecule has 0 aliphatic heterocycles. The molecule has 0 unspecified atom stereocenters. The van der Waals surface area contributed by atoms with Crippen LogP contribution in [0.3, 0.4) is 0 Å². The first-order chi connectivity index (χ1) is 13.3. The second-order valence-electron chi connectivity index (χ2n) is 6.37. The van der Waals surface area contributed by atoms with Crippen LogP contribution in [0.5, 0.6) is 11.5 Å². The number of aromatic hydroxyl groups is 1. The number of imidazole rings is 1. The predicted molar refractivity (Wildman–Crippen MR) is 104 cm³/mol. The molecule has 142 valence electrons. The fourth-order valence-corrected chi connectivity index (χ4v) is 3.92. The highest BCUT2D eigenvalue weighted by molar-refractivity contribution is 7.91. The van der Waals surface area contributed by atoms with E-state index in [1.807, 2.05) is 0 Å². The van der Waals surface area contributed by atoms with E-state index in [0.717, 1.165) is 6.26 Å². The maximum absolute atomic E-state index is 13.1. The lowest BCUT2D eigenvalue weighted by atomic mass is 10.0. The number of carbonyl (C=O) groups is 1. The van der Waals surface area contributed by atoms with Crippen molar-refractivity contribution in [3.63, 3.8) is 0 Å². The van der Waals surface area contributed by atoms with Crippen LogP contribution in [0.15, 0.2) is 59.6 Å². The highest BCUT2D eigenvalue weighted by Crippen LogP contribution is 2.28. The molecule has 0 bridgehead atoms. The molecule has 28 heavy (non-hydrogen) atoms. The van der Waals surface area contributed by atoms with E-state index in [2.05, 4.69) is 4.98 Å². The van der Waals surface area contributed by atoms with Crippen molar-refractivity contribution in [2.24, 2.45) is 0 Å². The first-order valence-corrected chi connectivity index (χ1v) is 10.2. The molecule has 2 aromatic carbocycles. The molecular formula is C20H16N2O5S. The van der Waals surface area contributed by atoms with Crippen molar-refractivity contribution in [1.82, 2.24) is 9.38 Å². The van der Waals surface area contributed by atoms with Crippen molar-refractivity contribution in [3.8, 4) is 11.5 Å². The van der Waals surface area contributed by atoms with Gasteiger partial charge in [-0.05, 0) is 36.4 Å². The smallest absolute Gasteiger partial charge is 0.198 e. The molecule has 0 atom stereocenters. The van der Waals surface area contributed by atoms with Gasteiger partial charge in [0.25, 0.3) is 0 Å². The zero-order chi connectivity index (χ0) is 20.1. The Morgan fingerprint density at radius 1 is 1.14 bits per heavy atom. The summed E-state index contributed by atoms with van der Waals surface area (Å²) in [5.41, 5.74) is 1.66. The molecule has 0 amide bonds. The minimum Gasteiger partial charge on any atom is -0.507 e. The molecule has 0 fully saturated rings. The standard InChI is InChI=1S/C20H16N2O5S/c1-27-13-7-8-17(23)14(10-13)19(24)12-9-18(28(2,25)26)20-21-15-5-3-4-6-16(15)22(20)11-12/h3-11,23H,1-2H3. The number of sulfone groups is 1. The average Bonchev–Trinajstić information content (AvgIpc) is 3.05. The normalized spacial score (nSPS) is 11.8. The minimum absolute atomic E-state index is 0.0163. The summed E-state index contributed by atoms with van der Waals surface area (Å²) in [6.45, 7) is 0. The number of benzene rings is 2. The SMILES string of the molecule is COc1ccc(O)c(C(=O)c2cc(S(C)(=O)=O)c3nc4ccccc4n3c2)c1. The van der Waals surface area contributed by atoms with Crippen molar-refractivity contribution < 1.29 is 23.1 Å². The highest BCUT2D eigenvalue weighted by Gasteiger charge is 2.22. The van der Waals surface area contributed by atoms with Crippen LogP contribution in [0.1, 0.15) is 15.9 Å². The summed E-state index contributed by atoms with van der Waals surface area (Å²) in [6.07, 6.45) is 2.60. The van der Waals surface area contributed by atoms with E-state index >= 15 is 0 Å². The van der Waals surface area contributed by atoms with Gasteiger partial charge in [0.15, 0.2) is 21.3 Å². The second-order valence-corrected chi connectivity index (χ2v) is 8.36. The number of hydrogen-bond acceptors (Lipinski definition) is 6. The number of rotatable bonds is 4. The van der Waals surface area contributed by atoms with Crippen LogP contribution in [0.4, 0.5) is 0 Å². The number of fused-ring (bicyclic) bond motifs is 3. The third-order valence-corrected chi connectivity index (χ3v) is 5.58. The lowest BCUT2D eigenvalue weighted by Gasteiger charge is -2.09. The van der Waals surface area contributed by atoms with Crippen LogP contribution >= 0.6 is 0 Å². The van der Waals surface area contributed by atoms with E-state index in [9.17, 15) is 18.3 Å². The molecule has 1 N–H and O–H groups in total. The van der Waals surface area contributed by atoms with Crippen molar-refractivity contribution in [2.45, 2.75) is 4.90 Å². The van der Waals surface area contributed by atoms with Gasteiger partial charge in [-0.25, -0.2) is 13.4 Å². The number of phenols is 1. The Morgan fingerprint density at radius 3 is 2.61 bits per heavy atom. The summed E-state index contributed by atoms with van der Waals surface area (Å²) in [7, 11) is -2.21. The topological polar surface area (TPSA) is 98.0 Å². The fourth-order valence-electron chi connectivity index (χ4n) is 3.11. The number of methoxy groups -OCH3 is 1. The van der Waals surface area contributed by atoms with E-state index in [-0.39, 0.29) is 27.4 Å². The Balaban J connectivity index is 2.02. The second kappa shape index (κ2) is 6.35. The van der Waals surface area contributed by atoms with E-state index in [0.29, 0.717) is 16.8 Å². The molecule has 0 spiro atoms. The van der Waals surface area contributed by atoms with Crippen LogP contribution in [0, 0.1) is 0 Å². The van der Waals surface area contributed by atoms with Crippen LogP contribution in [-0.4, -0.2) is 42.1 Å². The van der Waals surface area contributed by atoms with Gasteiger partial charge in [-0.2, -0.15) is 0 Å². The number of aromatic nitrogens is 2. The van der Waals surface area contributed by atoms with E-state index in [1.54, 1.807) is 28.7 Å². The lowest BCUT2D eigenvalue weighted by Crippen LogP contribution is -2.08. The molecule has 0 radical (unpaired) electrons. The molecule has 7 nitrogen and oxygen atoms in total. The number of ketones is 1. The maximum Gasteiger partial charge on any atom is 0.198 e. The average molecular weight is 396 g/mol. The van der Waals surface area contributed by atoms with Crippen molar-refractivity contribution >= 4 is 32.3 Å². The zero-order valence-electron chi connectivity index (χ0n) is 15.1. The summed E-state index contributed by atoms with van der Waals surface area (Å²) >= 11 is 0. The Hall–Kier alpha value is -3.39. The number of para-hydroxylation sites is 2. The Labute approximate surface area is 160 Å². The van der Waals surface area contributed by atoms with Gasteiger partial charge in [-0.15, -0.1) is 0 Å². The number of phenolic OH excluding ortho intramolecular Hbond substituents is 1. The summed E-state index contributed by atoms with van der Waals surface area (Å²) in [5.74, 6) is -0.345. The first kappa shape index (κ1) is 18.0. The molecular weight excluding hydrogens is 380 g/mol. The molecule has 0 saturated carbocycles. The molecule has 4 aromatic rings. The monoisotopic (exact) mass is 396 g/mol. The van der Waals surface area contributed by atoms with Gasteiger partial charge < -0.3 is 9.84 Å². The molecule has 0 aliphatic carbocycles. The number of pyridine rings is 1. The fraction of sp³-hybridized carbons (Fsp3) is 0.100. The summed E-state index contributed by atoms with van der Waals surface area (Å²) in [5, 5.41) is 10.1. The van der Waals surface area contributed by atoms with Gasteiger partial charge >= 0.3 is 0 Å². The van der Waals surface area contributed by atoms with Crippen LogP contribution in [-0.2, 0) is 9.84 Å². The van der Waals surface area contributed by atoms with E-state index in [1.165, 1.54) is 37.6 Å². The maximum atomic E-state index is 13.1. The molecule has 0 aliphatic rings. The van der Waals surface area contributed by atoms with Crippen molar-refractivity contribution in [3.05, 3.63) is 65.9 Å². The molecule has 4 rings (SSSR count). The Morgan fingerprint density at radius 2 is 1.89 bits per heavy atom.